The summed E-state index contributed by atoms with van der Waals surface area (Å²) in [6.45, 7) is 1.81. The van der Waals surface area contributed by atoms with Gasteiger partial charge in [-0.2, -0.15) is 0 Å². The van der Waals surface area contributed by atoms with Crippen molar-refractivity contribution in [3.63, 3.8) is 0 Å². The third-order valence-corrected chi connectivity index (χ3v) is 4.59. The van der Waals surface area contributed by atoms with E-state index in [1.165, 1.54) is 35.7 Å². The first-order valence-corrected chi connectivity index (χ1v) is 8.19. The molecule has 2 aromatic heterocycles. The van der Waals surface area contributed by atoms with Gasteiger partial charge in [0.05, 0.1) is 23.9 Å². The topological polar surface area (TPSA) is 122 Å². The highest BCUT2D eigenvalue weighted by Gasteiger charge is 2.17. The fourth-order valence-electron chi connectivity index (χ4n) is 2.31. The summed E-state index contributed by atoms with van der Waals surface area (Å²) in [5.41, 5.74) is 1.43. The van der Waals surface area contributed by atoms with Crippen LogP contribution in [0.25, 0.3) is 11.4 Å². The van der Waals surface area contributed by atoms with Crippen LogP contribution in [0.4, 0.5) is 5.69 Å². The molecule has 1 aromatic carbocycles. The normalized spacial score (nSPS) is 10.8. The molecule has 25 heavy (non-hydrogen) atoms. The lowest BCUT2D eigenvalue weighted by Crippen LogP contribution is -2.11. The van der Waals surface area contributed by atoms with Crippen LogP contribution in [0.1, 0.15) is 11.3 Å². The van der Waals surface area contributed by atoms with Crippen LogP contribution in [0.3, 0.4) is 0 Å². The van der Waals surface area contributed by atoms with E-state index in [1.807, 2.05) is 6.92 Å². The average molecular weight is 361 g/mol. The van der Waals surface area contributed by atoms with Crippen molar-refractivity contribution in [3.8, 4) is 17.1 Å². The number of aryl methyl sites for hydroxylation is 1. The van der Waals surface area contributed by atoms with Crippen molar-refractivity contribution in [2.75, 3.05) is 13.0 Å². The summed E-state index contributed by atoms with van der Waals surface area (Å²) in [5, 5.41) is 19.6. The Bertz CT molecular complexity index is 921. The maximum atomic E-state index is 11.0. The van der Waals surface area contributed by atoms with Gasteiger partial charge in [0.15, 0.2) is 5.82 Å². The molecule has 0 atom stereocenters. The van der Waals surface area contributed by atoms with Crippen LogP contribution in [0, 0.1) is 17.0 Å². The summed E-state index contributed by atoms with van der Waals surface area (Å²) in [4.78, 5) is 10.5. The zero-order valence-electron chi connectivity index (χ0n) is 13.5. The number of thioether (sulfide) groups is 1. The second-order valence-electron chi connectivity index (χ2n) is 5.11. The maximum absolute atomic E-state index is 11.0. The average Bonchev–Trinajstić information content (AvgIpc) is 3.18. The summed E-state index contributed by atoms with van der Waals surface area (Å²) >= 11 is 1.31. The SMILES string of the molecule is COc1ccc([N+](=O)[O-])cc1CSc1nnc(-c2ccoc2C)n1N. The molecule has 10 heteroatoms. The van der Waals surface area contributed by atoms with Crippen molar-refractivity contribution in [1.29, 1.82) is 0 Å². The number of nitrogens with zero attached hydrogens (tertiary/aromatic N) is 4. The van der Waals surface area contributed by atoms with Crippen molar-refractivity contribution in [1.82, 2.24) is 14.9 Å². The first kappa shape index (κ1) is 16.8. The molecule has 0 aliphatic heterocycles. The minimum absolute atomic E-state index is 0.000302. The summed E-state index contributed by atoms with van der Waals surface area (Å²) in [7, 11) is 1.51. The number of hydrogen-bond donors (Lipinski definition) is 1. The van der Waals surface area contributed by atoms with Crippen molar-refractivity contribution >= 4 is 17.4 Å². The first-order chi connectivity index (χ1) is 12.0. The van der Waals surface area contributed by atoms with Crippen molar-refractivity contribution < 1.29 is 14.1 Å². The molecule has 3 rings (SSSR count). The lowest BCUT2D eigenvalue weighted by Gasteiger charge is -2.08. The monoisotopic (exact) mass is 361 g/mol. The van der Waals surface area contributed by atoms with Crippen LogP contribution in [0.2, 0.25) is 0 Å². The third kappa shape index (κ3) is 3.29. The molecule has 2 N–H and O–H groups in total. The zero-order valence-corrected chi connectivity index (χ0v) is 14.3. The van der Waals surface area contributed by atoms with Crippen molar-refractivity contribution in [3.05, 3.63) is 52.0 Å². The number of rotatable bonds is 6. The van der Waals surface area contributed by atoms with Crippen LogP contribution in [0.15, 0.2) is 40.1 Å². The Balaban J connectivity index is 1.83. The van der Waals surface area contributed by atoms with Crippen LogP contribution < -0.4 is 10.6 Å². The molecule has 0 radical (unpaired) electrons. The molecule has 0 aliphatic rings. The molecule has 0 saturated carbocycles. The van der Waals surface area contributed by atoms with Gasteiger partial charge in [-0.25, -0.2) is 4.68 Å². The van der Waals surface area contributed by atoms with Gasteiger partial charge in [-0.3, -0.25) is 10.1 Å². The Morgan fingerprint density at radius 2 is 2.20 bits per heavy atom. The Hall–Kier alpha value is -3.01. The number of nitrogen functional groups attached to an aromatic ring is 1. The molecule has 0 fully saturated rings. The van der Waals surface area contributed by atoms with Gasteiger partial charge in [-0.15, -0.1) is 10.2 Å². The molecular formula is C15H15N5O4S. The Labute approximate surface area is 146 Å². The predicted molar refractivity (Wildman–Crippen MR) is 91.8 cm³/mol. The summed E-state index contributed by atoms with van der Waals surface area (Å²) in [5.74, 6) is 8.20. The lowest BCUT2D eigenvalue weighted by atomic mass is 10.2. The molecule has 0 saturated heterocycles. The number of furan rings is 1. The Morgan fingerprint density at radius 3 is 2.84 bits per heavy atom. The van der Waals surface area contributed by atoms with E-state index >= 15 is 0 Å². The van der Waals surface area contributed by atoms with Crippen LogP contribution in [-0.4, -0.2) is 26.9 Å². The van der Waals surface area contributed by atoms with E-state index in [-0.39, 0.29) is 5.69 Å². The molecule has 0 amide bonds. The Morgan fingerprint density at radius 1 is 1.40 bits per heavy atom. The molecule has 9 nitrogen and oxygen atoms in total. The number of non-ortho nitro benzene ring substituents is 1. The second-order valence-corrected chi connectivity index (χ2v) is 6.05. The van der Waals surface area contributed by atoms with Gasteiger partial charge in [-0.05, 0) is 19.1 Å². The van der Waals surface area contributed by atoms with Crippen molar-refractivity contribution in [2.24, 2.45) is 0 Å². The number of nitro benzene ring substituents is 1. The van der Waals surface area contributed by atoms with E-state index in [9.17, 15) is 10.1 Å². The molecule has 3 aromatic rings. The van der Waals surface area contributed by atoms with Crippen molar-refractivity contribution in [2.45, 2.75) is 17.8 Å². The van der Waals surface area contributed by atoms with Gasteiger partial charge in [0, 0.05) is 23.4 Å². The molecule has 0 spiro atoms. The van der Waals surface area contributed by atoms with Gasteiger partial charge in [-0.1, -0.05) is 11.8 Å². The first-order valence-electron chi connectivity index (χ1n) is 7.20. The molecule has 0 aliphatic carbocycles. The van der Waals surface area contributed by atoms with Gasteiger partial charge in [0.1, 0.15) is 11.5 Å². The highest BCUT2D eigenvalue weighted by molar-refractivity contribution is 7.98. The van der Waals surface area contributed by atoms with E-state index in [1.54, 1.807) is 18.4 Å². The van der Waals surface area contributed by atoms with E-state index in [2.05, 4.69) is 10.2 Å². The quantitative estimate of drug-likeness (QED) is 0.308. The summed E-state index contributed by atoms with van der Waals surface area (Å²) < 4.78 is 11.9. The number of aromatic nitrogens is 3. The standard InChI is InChI=1S/C15H15N5O4S/c1-9-12(5-6-24-9)14-17-18-15(19(14)16)25-8-10-7-11(20(21)22)3-4-13(10)23-2/h3-7H,8,16H2,1-2H3. The van der Waals surface area contributed by atoms with Crippen LogP contribution in [-0.2, 0) is 5.75 Å². The van der Waals surface area contributed by atoms with Gasteiger partial charge >= 0.3 is 0 Å². The van der Waals surface area contributed by atoms with Gasteiger partial charge < -0.3 is 15.0 Å². The molecular weight excluding hydrogens is 346 g/mol. The van der Waals surface area contributed by atoms with Gasteiger partial charge in [0.25, 0.3) is 5.69 Å². The molecule has 0 bridgehead atoms. The van der Waals surface area contributed by atoms with E-state index in [4.69, 9.17) is 15.0 Å². The maximum Gasteiger partial charge on any atom is 0.270 e. The molecule has 0 unspecified atom stereocenters. The smallest absolute Gasteiger partial charge is 0.270 e. The zero-order chi connectivity index (χ0) is 18.0. The van der Waals surface area contributed by atoms with Gasteiger partial charge in [0.2, 0.25) is 5.16 Å². The van der Waals surface area contributed by atoms with E-state index in [0.29, 0.717) is 33.8 Å². The summed E-state index contributed by atoms with van der Waals surface area (Å²) in [6.07, 6.45) is 1.56. The van der Waals surface area contributed by atoms with E-state index in [0.717, 1.165) is 5.56 Å². The third-order valence-electron chi connectivity index (χ3n) is 3.60. The summed E-state index contributed by atoms with van der Waals surface area (Å²) in [6, 6.07) is 6.21. The fourth-order valence-corrected chi connectivity index (χ4v) is 3.14. The number of ether oxygens (including phenoxy) is 1. The number of nitro groups is 1. The predicted octanol–water partition coefficient (Wildman–Crippen LogP) is 2.77. The Kier molecular flexibility index (Phi) is 4.61. The van der Waals surface area contributed by atoms with Crippen LogP contribution >= 0.6 is 11.8 Å². The lowest BCUT2D eigenvalue weighted by molar-refractivity contribution is -0.384. The molecule has 130 valence electrons. The fraction of sp³-hybridized carbons (Fsp3) is 0.200. The second kappa shape index (κ2) is 6.85. The highest BCUT2D eigenvalue weighted by Crippen LogP contribution is 2.31. The largest absolute Gasteiger partial charge is 0.496 e. The highest BCUT2D eigenvalue weighted by atomic mass is 32.2. The van der Waals surface area contributed by atoms with Crippen LogP contribution in [0.5, 0.6) is 5.75 Å². The number of methoxy groups -OCH3 is 1. The minimum Gasteiger partial charge on any atom is -0.496 e. The molecule has 2 heterocycles. The number of hydrogen-bond acceptors (Lipinski definition) is 8. The van der Waals surface area contributed by atoms with E-state index < -0.39 is 4.92 Å². The number of nitrogens with two attached hydrogens (primary N) is 1. The minimum atomic E-state index is -0.446. The number of benzene rings is 1.